The van der Waals surface area contributed by atoms with Crippen LogP contribution in [0.15, 0.2) is 30.3 Å². The van der Waals surface area contributed by atoms with Crippen molar-refractivity contribution in [3.8, 4) is 0 Å². The van der Waals surface area contributed by atoms with Gasteiger partial charge in [0, 0.05) is 0 Å². The van der Waals surface area contributed by atoms with Gasteiger partial charge in [-0.1, -0.05) is 35.9 Å². The fraction of sp³-hybridized carbons (Fsp3) is 0.143. The van der Waals surface area contributed by atoms with E-state index in [0.29, 0.717) is 0 Å². The third-order valence-corrected chi connectivity index (χ3v) is 2.49. The first kappa shape index (κ1) is 18.7. The summed E-state index contributed by atoms with van der Waals surface area (Å²) in [5, 5.41) is 0. The minimum atomic E-state index is -5.12. The van der Waals surface area contributed by atoms with Gasteiger partial charge >= 0.3 is 20.8 Å². The molecule has 0 heterocycles. The smallest absolute Gasteiger partial charge is 0.263 e. The standard InChI is InChI=1S/C7H8.H2O7S2.H2S/c1-7-5-3-2-4-6-7;1-8(2,3)7-9(4,5)6;/h2-6H,1H3;(H,1,2,3)(H,4,5,6);1H2. The van der Waals surface area contributed by atoms with Crippen molar-refractivity contribution in [2.24, 2.45) is 0 Å². The quantitative estimate of drug-likeness (QED) is 0.773. The number of aryl methyl sites for hydroxylation is 1. The summed E-state index contributed by atoms with van der Waals surface area (Å²) < 4.78 is 55.6. The first-order valence-electron chi connectivity index (χ1n) is 3.78. The lowest BCUT2D eigenvalue weighted by atomic mass is 10.2. The number of hydrogen-bond donors (Lipinski definition) is 2. The molecule has 1 aromatic rings. The Morgan fingerprint density at radius 2 is 1.29 bits per heavy atom. The molecule has 0 aliphatic rings. The fourth-order valence-corrected chi connectivity index (χ4v) is 1.51. The van der Waals surface area contributed by atoms with Crippen molar-refractivity contribution in [1.29, 1.82) is 0 Å². The molecule has 0 saturated carbocycles. The first-order valence-corrected chi connectivity index (χ1v) is 6.51. The van der Waals surface area contributed by atoms with Crippen LogP contribution < -0.4 is 0 Å². The van der Waals surface area contributed by atoms with Crippen LogP contribution in [-0.4, -0.2) is 25.9 Å². The van der Waals surface area contributed by atoms with E-state index in [1.807, 2.05) is 18.2 Å². The van der Waals surface area contributed by atoms with E-state index in [-0.39, 0.29) is 13.5 Å². The highest BCUT2D eigenvalue weighted by molar-refractivity contribution is 7.94. The Morgan fingerprint density at radius 3 is 1.41 bits per heavy atom. The summed E-state index contributed by atoms with van der Waals surface area (Å²) in [5.74, 6) is 0. The molecule has 0 saturated heterocycles. The molecule has 1 aromatic carbocycles. The molecule has 100 valence electrons. The van der Waals surface area contributed by atoms with Gasteiger partial charge in [-0.3, -0.25) is 9.11 Å². The molecule has 0 amide bonds. The molecule has 1 rings (SSSR count). The topological polar surface area (TPSA) is 118 Å². The Labute approximate surface area is 107 Å². The van der Waals surface area contributed by atoms with Gasteiger partial charge in [0.05, 0.1) is 0 Å². The van der Waals surface area contributed by atoms with Gasteiger partial charge in [-0.05, 0) is 6.92 Å². The second-order valence-corrected chi connectivity index (χ2v) is 4.83. The maximum Gasteiger partial charge on any atom is 0.413 e. The van der Waals surface area contributed by atoms with Crippen LogP contribution in [0.2, 0.25) is 0 Å². The van der Waals surface area contributed by atoms with Crippen molar-refractivity contribution < 1.29 is 29.6 Å². The molecular weight excluding hydrogens is 292 g/mol. The van der Waals surface area contributed by atoms with Crippen LogP contribution in [0.3, 0.4) is 0 Å². The highest BCUT2D eigenvalue weighted by atomic mass is 32.3. The van der Waals surface area contributed by atoms with Crippen LogP contribution in [0.5, 0.6) is 0 Å². The van der Waals surface area contributed by atoms with E-state index in [2.05, 4.69) is 22.7 Å². The molecule has 2 N–H and O–H groups in total. The number of hydrogen-bond acceptors (Lipinski definition) is 5. The molecule has 7 nitrogen and oxygen atoms in total. The van der Waals surface area contributed by atoms with Crippen LogP contribution in [0.4, 0.5) is 0 Å². The zero-order chi connectivity index (χ0) is 12.8. The molecule has 0 fully saturated rings. The monoisotopic (exact) mass is 304 g/mol. The van der Waals surface area contributed by atoms with Crippen LogP contribution in [0.1, 0.15) is 5.56 Å². The average Bonchev–Trinajstić information content (AvgIpc) is 1.99. The molecule has 0 aliphatic heterocycles. The largest absolute Gasteiger partial charge is 0.413 e. The Hall–Kier alpha value is -0.650. The van der Waals surface area contributed by atoms with Gasteiger partial charge in [-0.15, -0.1) is 3.63 Å². The summed E-state index contributed by atoms with van der Waals surface area (Å²) in [6, 6.07) is 10.3. The van der Waals surface area contributed by atoms with E-state index in [1.54, 1.807) is 0 Å². The maximum atomic E-state index is 9.44. The Morgan fingerprint density at radius 1 is 0.941 bits per heavy atom. The summed E-state index contributed by atoms with van der Waals surface area (Å²) in [4.78, 5) is 0. The predicted octanol–water partition coefficient (Wildman–Crippen LogP) is 0.716. The van der Waals surface area contributed by atoms with Crippen molar-refractivity contribution in [3.05, 3.63) is 35.9 Å². The molecule has 0 atom stereocenters. The van der Waals surface area contributed by atoms with Gasteiger partial charge in [0.1, 0.15) is 0 Å². The lowest BCUT2D eigenvalue weighted by molar-refractivity contribution is 0.344. The summed E-state index contributed by atoms with van der Waals surface area (Å²) in [5.41, 5.74) is 1.32. The van der Waals surface area contributed by atoms with Crippen LogP contribution in [0.25, 0.3) is 0 Å². The molecular formula is C7H12O7S3. The van der Waals surface area contributed by atoms with Crippen molar-refractivity contribution in [3.63, 3.8) is 0 Å². The molecule has 0 unspecified atom stereocenters. The SMILES string of the molecule is Cc1ccccc1.O=S(=O)(O)OS(=O)(=O)O.S. The third kappa shape index (κ3) is 15.4. The predicted molar refractivity (Wildman–Crippen MR) is 65.7 cm³/mol. The van der Waals surface area contributed by atoms with Crippen molar-refractivity contribution in [2.75, 3.05) is 0 Å². The number of benzene rings is 1. The Bertz CT molecular complexity index is 476. The van der Waals surface area contributed by atoms with Crippen LogP contribution >= 0.6 is 13.5 Å². The first-order chi connectivity index (χ1) is 7.10. The van der Waals surface area contributed by atoms with Gasteiger partial charge in [0.15, 0.2) is 0 Å². The van der Waals surface area contributed by atoms with Gasteiger partial charge < -0.3 is 0 Å². The van der Waals surface area contributed by atoms with Crippen molar-refractivity contribution in [2.45, 2.75) is 6.92 Å². The van der Waals surface area contributed by atoms with Crippen molar-refractivity contribution >= 4 is 34.3 Å². The molecule has 17 heavy (non-hydrogen) atoms. The van der Waals surface area contributed by atoms with Crippen LogP contribution in [0, 0.1) is 6.92 Å². The molecule has 0 aliphatic carbocycles. The molecule has 0 bridgehead atoms. The zero-order valence-electron chi connectivity index (χ0n) is 8.64. The molecule has 0 aromatic heterocycles. The molecule has 0 radical (unpaired) electrons. The lowest BCUT2D eigenvalue weighted by Crippen LogP contribution is -2.10. The Kier molecular flexibility index (Phi) is 8.40. The molecule has 10 heteroatoms. The maximum absolute atomic E-state index is 9.44. The van der Waals surface area contributed by atoms with E-state index in [0.717, 1.165) is 0 Å². The van der Waals surface area contributed by atoms with Crippen LogP contribution in [-0.2, 0) is 24.4 Å². The van der Waals surface area contributed by atoms with Crippen molar-refractivity contribution in [1.82, 2.24) is 0 Å². The summed E-state index contributed by atoms with van der Waals surface area (Å²) >= 11 is 0. The Balaban J connectivity index is 0. The summed E-state index contributed by atoms with van der Waals surface area (Å²) in [6.45, 7) is 2.08. The van der Waals surface area contributed by atoms with E-state index in [9.17, 15) is 16.8 Å². The lowest BCUT2D eigenvalue weighted by Gasteiger charge is -1.89. The van der Waals surface area contributed by atoms with E-state index >= 15 is 0 Å². The van der Waals surface area contributed by atoms with Gasteiger partial charge in [-0.25, -0.2) is 0 Å². The van der Waals surface area contributed by atoms with E-state index < -0.39 is 20.8 Å². The van der Waals surface area contributed by atoms with E-state index in [4.69, 9.17) is 9.11 Å². The van der Waals surface area contributed by atoms with Gasteiger partial charge in [-0.2, -0.15) is 30.3 Å². The van der Waals surface area contributed by atoms with Gasteiger partial charge in [0.25, 0.3) is 0 Å². The zero-order valence-corrected chi connectivity index (χ0v) is 11.3. The number of rotatable bonds is 2. The normalized spacial score (nSPS) is 10.8. The highest BCUT2D eigenvalue weighted by Crippen LogP contribution is 1.92. The molecule has 0 spiro atoms. The minimum absolute atomic E-state index is 0. The highest BCUT2D eigenvalue weighted by Gasteiger charge is 2.15. The summed E-state index contributed by atoms with van der Waals surface area (Å²) in [6.07, 6.45) is 0. The van der Waals surface area contributed by atoms with E-state index in [1.165, 1.54) is 5.56 Å². The fourth-order valence-electron chi connectivity index (χ4n) is 0.643. The minimum Gasteiger partial charge on any atom is -0.263 e. The van der Waals surface area contributed by atoms with Gasteiger partial charge in [0.2, 0.25) is 0 Å². The summed E-state index contributed by atoms with van der Waals surface area (Å²) in [7, 11) is -10.2. The second kappa shape index (κ2) is 7.63. The average molecular weight is 304 g/mol. The second-order valence-electron chi connectivity index (χ2n) is 2.58. The third-order valence-electron chi connectivity index (χ3n) is 1.11.